The van der Waals surface area contributed by atoms with E-state index in [2.05, 4.69) is 12.1 Å². The molecule has 0 N–H and O–H groups in total. The van der Waals surface area contributed by atoms with E-state index in [0.29, 0.717) is 41.9 Å². The Morgan fingerprint density at radius 3 is 2.21 bits per heavy atom. The summed E-state index contributed by atoms with van der Waals surface area (Å²) in [7, 11) is -3.44. The third-order valence-corrected chi connectivity index (χ3v) is 9.12. The summed E-state index contributed by atoms with van der Waals surface area (Å²) in [5, 5.41) is 1.77. The van der Waals surface area contributed by atoms with E-state index in [1.165, 1.54) is 53.3 Å². The van der Waals surface area contributed by atoms with Crippen molar-refractivity contribution in [2.24, 2.45) is 0 Å². The molecule has 1 aliphatic carbocycles. The summed E-state index contributed by atoms with van der Waals surface area (Å²) in [4.78, 5) is 14.6. The zero-order valence-corrected chi connectivity index (χ0v) is 17.6. The van der Waals surface area contributed by atoms with Gasteiger partial charge in [-0.05, 0) is 47.9 Å². The van der Waals surface area contributed by atoms with Crippen molar-refractivity contribution >= 4 is 27.3 Å². The van der Waals surface area contributed by atoms with E-state index in [0.717, 1.165) is 0 Å². The van der Waals surface area contributed by atoms with Crippen LogP contribution in [0, 0.1) is 0 Å². The number of carbonyl (C=O) groups is 1. The molecule has 1 aromatic heterocycles. The number of sulfonamides is 1. The van der Waals surface area contributed by atoms with Crippen molar-refractivity contribution in [1.29, 1.82) is 0 Å². The molecule has 0 spiro atoms. The lowest BCUT2D eigenvalue weighted by atomic mass is 9.84. The fourth-order valence-electron chi connectivity index (χ4n) is 4.19. The Hall–Kier alpha value is -1.70. The van der Waals surface area contributed by atoms with Crippen LogP contribution in [0.3, 0.4) is 0 Å². The fraction of sp³-hybridized carbons (Fsp3) is 0.476. The van der Waals surface area contributed by atoms with E-state index in [1.807, 2.05) is 12.1 Å². The van der Waals surface area contributed by atoms with Crippen molar-refractivity contribution in [3.05, 3.63) is 52.9 Å². The summed E-state index contributed by atoms with van der Waals surface area (Å²) in [6, 6.07) is 11.4. The highest BCUT2D eigenvalue weighted by atomic mass is 32.2. The van der Waals surface area contributed by atoms with E-state index in [4.69, 9.17) is 0 Å². The number of piperazine rings is 1. The number of rotatable bonds is 4. The van der Waals surface area contributed by atoms with Gasteiger partial charge in [-0.2, -0.15) is 4.31 Å². The third-order valence-electron chi connectivity index (χ3n) is 5.85. The molecule has 28 heavy (non-hydrogen) atoms. The Kier molecular flexibility index (Phi) is 5.85. The van der Waals surface area contributed by atoms with Crippen molar-refractivity contribution < 1.29 is 13.2 Å². The first kappa shape index (κ1) is 19.6. The molecule has 1 aromatic carbocycles. The van der Waals surface area contributed by atoms with Gasteiger partial charge in [0.2, 0.25) is 0 Å². The minimum atomic E-state index is -3.44. The number of hydrogen-bond acceptors (Lipinski definition) is 4. The highest BCUT2D eigenvalue weighted by Crippen LogP contribution is 2.32. The molecule has 4 rings (SSSR count). The Balaban J connectivity index is 1.37. The molecule has 0 unspecified atom stereocenters. The van der Waals surface area contributed by atoms with E-state index < -0.39 is 10.0 Å². The van der Waals surface area contributed by atoms with Gasteiger partial charge in [-0.3, -0.25) is 4.79 Å². The maximum atomic E-state index is 12.8. The molecule has 1 saturated heterocycles. The van der Waals surface area contributed by atoms with Crippen LogP contribution in [0.5, 0.6) is 0 Å². The maximum Gasteiger partial charge on any atom is 0.253 e. The van der Waals surface area contributed by atoms with Gasteiger partial charge in [0, 0.05) is 31.7 Å². The van der Waals surface area contributed by atoms with E-state index >= 15 is 0 Å². The monoisotopic (exact) mass is 418 g/mol. The van der Waals surface area contributed by atoms with E-state index in [1.54, 1.807) is 22.4 Å². The number of amides is 1. The molecular weight excluding hydrogens is 392 g/mol. The van der Waals surface area contributed by atoms with E-state index in [9.17, 15) is 13.2 Å². The molecule has 2 heterocycles. The first-order valence-electron chi connectivity index (χ1n) is 9.98. The number of hydrogen-bond donors (Lipinski definition) is 0. The number of thiophene rings is 1. The summed E-state index contributed by atoms with van der Waals surface area (Å²) in [6.07, 6.45) is 6.41. The highest BCUT2D eigenvalue weighted by Gasteiger charge is 2.31. The lowest BCUT2D eigenvalue weighted by molar-refractivity contribution is 0.0698. The topological polar surface area (TPSA) is 57.7 Å². The molecule has 150 valence electrons. The first-order chi connectivity index (χ1) is 13.6. The summed E-state index contributed by atoms with van der Waals surface area (Å²) in [5.74, 6) is 0.618. The quantitative estimate of drug-likeness (QED) is 0.756. The second-order valence-electron chi connectivity index (χ2n) is 7.59. The highest BCUT2D eigenvalue weighted by molar-refractivity contribution is 7.91. The maximum absolute atomic E-state index is 12.8. The van der Waals surface area contributed by atoms with Crippen LogP contribution in [0.2, 0.25) is 0 Å². The molecular formula is C21H26N2O3S2. The predicted molar refractivity (Wildman–Crippen MR) is 111 cm³/mol. The zero-order valence-electron chi connectivity index (χ0n) is 15.9. The van der Waals surface area contributed by atoms with Gasteiger partial charge in [-0.1, -0.05) is 37.5 Å². The standard InChI is InChI=1S/C21H26N2O3S2/c24-21(19-10-8-18(9-11-19)17-5-2-1-3-6-17)22-12-14-23(15-13-22)28(25,26)20-7-4-16-27-20/h4,7-11,16-17H,1-3,5-6,12-15H2. The van der Waals surface area contributed by atoms with Crippen molar-refractivity contribution in [2.75, 3.05) is 26.2 Å². The second kappa shape index (κ2) is 8.35. The summed E-state index contributed by atoms with van der Waals surface area (Å²) < 4.78 is 27.1. The third kappa shape index (κ3) is 4.02. The van der Waals surface area contributed by atoms with Gasteiger partial charge in [-0.25, -0.2) is 8.42 Å². The van der Waals surface area contributed by atoms with Gasteiger partial charge in [0.15, 0.2) is 0 Å². The number of benzene rings is 1. The molecule has 2 aromatic rings. The minimum Gasteiger partial charge on any atom is -0.336 e. The minimum absolute atomic E-state index is 0.0108. The van der Waals surface area contributed by atoms with Crippen molar-refractivity contribution in [1.82, 2.24) is 9.21 Å². The van der Waals surface area contributed by atoms with Crippen LogP contribution >= 0.6 is 11.3 Å². The van der Waals surface area contributed by atoms with Crippen LogP contribution < -0.4 is 0 Å². The summed E-state index contributed by atoms with van der Waals surface area (Å²) in [5.41, 5.74) is 2.03. The molecule has 1 amide bonds. The molecule has 7 heteroatoms. The van der Waals surface area contributed by atoms with Crippen LogP contribution in [-0.2, 0) is 10.0 Å². The van der Waals surface area contributed by atoms with Crippen LogP contribution in [0.25, 0.3) is 0 Å². The van der Waals surface area contributed by atoms with Gasteiger partial charge in [0.25, 0.3) is 15.9 Å². The number of carbonyl (C=O) groups excluding carboxylic acids is 1. The summed E-state index contributed by atoms with van der Waals surface area (Å²) >= 11 is 1.23. The van der Waals surface area contributed by atoms with Crippen molar-refractivity contribution in [3.8, 4) is 0 Å². The Morgan fingerprint density at radius 1 is 0.929 bits per heavy atom. The molecule has 1 aliphatic heterocycles. The first-order valence-corrected chi connectivity index (χ1v) is 12.3. The van der Waals surface area contributed by atoms with Crippen molar-refractivity contribution in [2.45, 2.75) is 42.2 Å². The number of nitrogens with zero attached hydrogens (tertiary/aromatic N) is 2. The van der Waals surface area contributed by atoms with Gasteiger partial charge < -0.3 is 4.90 Å². The van der Waals surface area contributed by atoms with E-state index in [-0.39, 0.29) is 5.91 Å². The molecule has 1 saturated carbocycles. The van der Waals surface area contributed by atoms with Gasteiger partial charge in [-0.15, -0.1) is 11.3 Å². The molecule has 0 bridgehead atoms. The van der Waals surface area contributed by atoms with Gasteiger partial charge in [0.1, 0.15) is 4.21 Å². The molecule has 5 nitrogen and oxygen atoms in total. The Labute approximate surface area is 171 Å². The SMILES string of the molecule is O=C(c1ccc(C2CCCCC2)cc1)N1CCN(S(=O)(=O)c2cccs2)CC1. The average Bonchev–Trinajstić information content (AvgIpc) is 3.30. The fourth-order valence-corrected chi connectivity index (χ4v) is 6.75. The summed E-state index contributed by atoms with van der Waals surface area (Å²) in [6.45, 7) is 1.53. The molecule has 0 radical (unpaired) electrons. The van der Waals surface area contributed by atoms with Gasteiger partial charge >= 0.3 is 0 Å². The Morgan fingerprint density at radius 2 is 1.61 bits per heavy atom. The van der Waals surface area contributed by atoms with Crippen LogP contribution in [0.1, 0.15) is 53.9 Å². The van der Waals surface area contributed by atoms with Crippen molar-refractivity contribution in [3.63, 3.8) is 0 Å². The molecule has 2 aliphatic rings. The molecule has 2 fully saturated rings. The largest absolute Gasteiger partial charge is 0.336 e. The lowest BCUT2D eigenvalue weighted by Crippen LogP contribution is -2.50. The van der Waals surface area contributed by atoms with Crippen LogP contribution in [0.15, 0.2) is 46.0 Å². The lowest BCUT2D eigenvalue weighted by Gasteiger charge is -2.33. The average molecular weight is 419 g/mol. The Bertz CT molecular complexity index is 894. The molecule has 0 atom stereocenters. The normalized spacial score (nSPS) is 19.6. The van der Waals surface area contributed by atoms with Crippen LogP contribution in [-0.4, -0.2) is 49.7 Å². The second-order valence-corrected chi connectivity index (χ2v) is 10.7. The predicted octanol–water partition coefficient (Wildman–Crippen LogP) is 3.94. The smallest absolute Gasteiger partial charge is 0.253 e. The van der Waals surface area contributed by atoms with Crippen LogP contribution in [0.4, 0.5) is 0 Å². The zero-order chi connectivity index (χ0) is 19.6. The van der Waals surface area contributed by atoms with Gasteiger partial charge in [0.05, 0.1) is 0 Å².